The van der Waals surface area contributed by atoms with Crippen molar-refractivity contribution in [1.82, 2.24) is 0 Å². The highest BCUT2D eigenvalue weighted by molar-refractivity contribution is 5.90. The first kappa shape index (κ1) is 15.1. The van der Waals surface area contributed by atoms with Crippen molar-refractivity contribution in [1.29, 1.82) is 0 Å². The standard InChI is InChI=1S/C18H27NO/c20-18(19-17-13-7-3-8-14-17)15-9-2-6-12-16-10-4-1-5-11-16/h3,7-8,13-14,16H,1-2,4-6,9-12,15H2,(H,19,20). The van der Waals surface area contributed by atoms with Gasteiger partial charge in [-0.05, 0) is 24.5 Å². The van der Waals surface area contributed by atoms with E-state index in [2.05, 4.69) is 5.32 Å². The molecule has 0 heterocycles. The maximum absolute atomic E-state index is 11.8. The topological polar surface area (TPSA) is 29.1 Å². The van der Waals surface area contributed by atoms with E-state index in [1.165, 1.54) is 51.4 Å². The zero-order valence-corrected chi connectivity index (χ0v) is 12.4. The third kappa shape index (κ3) is 5.77. The van der Waals surface area contributed by atoms with Crippen LogP contribution in [0.5, 0.6) is 0 Å². The Bertz CT molecular complexity index is 382. The van der Waals surface area contributed by atoms with Gasteiger partial charge in [0.25, 0.3) is 0 Å². The van der Waals surface area contributed by atoms with Gasteiger partial charge in [0.1, 0.15) is 0 Å². The highest BCUT2D eigenvalue weighted by Gasteiger charge is 2.12. The minimum absolute atomic E-state index is 0.147. The van der Waals surface area contributed by atoms with Crippen LogP contribution in [-0.4, -0.2) is 5.91 Å². The molecule has 2 heteroatoms. The molecule has 20 heavy (non-hydrogen) atoms. The van der Waals surface area contributed by atoms with Crippen molar-refractivity contribution in [3.05, 3.63) is 30.3 Å². The summed E-state index contributed by atoms with van der Waals surface area (Å²) in [4.78, 5) is 11.8. The number of nitrogens with one attached hydrogen (secondary N) is 1. The van der Waals surface area contributed by atoms with Crippen LogP contribution in [-0.2, 0) is 4.79 Å². The van der Waals surface area contributed by atoms with Gasteiger partial charge in [-0.1, -0.05) is 69.6 Å². The van der Waals surface area contributed by atoms with Crippen LogP contribution in [0, 0.1) is 5.92 Å². The van der Waals surface area contributed by atoms with Crippen molar-refractivity contribution >= 4 is 11.6 Å². The Labute approximate surface area is 123 Å². The van der Waals surface area contributed by atoms with Crippen LogP contribution in [0.4, 0.5) is 5.69 Å². The number of benzene rings is 1. The molecular formula is C18H27NO. The van der Waals surface area contributed by atoms with Crippen LogP contribution in [0.25, 0.3) is 0 Å². The van der Waals surface area contributed by atoms with Crippen molar-refractivity contribution in [3.8, 4) is 0 Å². The van der Waals surface area contributed by atoms with Crippen molar-refractivity contribution in [3.63, 3.8) is 0 Å². The summed E-state index contributed by atoms with van der Waals surface area (Å²) in [6, 6.07) is 9.71. The summed E-state index contributed by atoms with van der Waals surface area (Å²) in [5, 5.41) is 2.94. The Kier molecular flexibility index (Phi) is 6.62. The highest BCUT2D eigenvalue weighted by Crippen LogP contribution is 2.27. The summed E-state index contributed by atoms with van der Waals surface area (Å²) in [6.45, 7) is 0. The minimum Gasteiger partial charge on any atom is -0.326 e. The second-order valence-corrected chi connectivity index (χ2v) is 6.02. The SMILES string of the molecule is O=C(CCCCCC1CCCCC1)Nc1ccccc1. The van der Waals surface area contributed by atoms with Gasteiger partial charge in [0, 0.05) is 12.1 Å². The van der Waals surface area contributed by atoms with Gasteiger partial charge >= 0.3 is 0 Å². The predicted molar refractivity (Wildman–Crippen MR) is 84.7 cm³/mol. The second kappa shape index (κ2) is 8.78. The molecule has 1 aliphatic rings. The average molecular weight is 273 g/mol. The number of hydrogen-bond acceptors (Lipinski definition) is 1. The molecule has 1 N–H and O–H groups in total. The molecule has 1 amide bonds. The summed E-state index contributed by atoms with van der Waals surface area (Å²) in [6.07, 6.45) is 12.7. The minimum atomic E-state index is 0.147. The third-order valence-corrected chi connectivity index (χ3v) is 4.30. The fraction of sp³-hybridized carbons (Fsp3) is 0.611. The van der Waals surface area contributed by atoms with Gasteiger partial charge in [0.15, 0.2) is 0 Å². The molecule has 2 nitrogen and oxygen atoms in total. The van der Waals surface area contributed by atoms with Gasteiger partial charge in [-0.3, -0.25) is 4.79 Å². The number of anilines is 1. The van der Waals surface area contributed by atoms with Gasteiger partial charge in [0.2, 0.25) is 5.91 Å². The highest BCUT2D eigenvalue weighted by atomic mass is 16.1. The number of hydrogen-bond donors (Lipinski definition) is 1. The van der Waals surface area contributed by atoms with E-state index in [9.17, 15) is 4.79 Å². The molecule has 0 saturated heterocycles. The third-order valence-electron chi connectivity index (χ3n) is 4.30. The zero-order chi connectivity index (χ0) is 14.0. The number of unbranched alkanes of at least 4 members (excludes halogenated alkanes) is 2. The smallest absolute Gasteiger partial charge is 0.224 e. The van der Waals surface area contributed by atoms with E-state index in [1.807, 2.05) is 30.3 Å². The molecule has 0 aliphatic heterocycles. The van der Waals surface area contributed by atoms with E-state index in [4.69, 9.17) is 0 Å². The molecular weight excluding hydrogens is 246 g/mol. The number of carbonyl (C=O) groups is 1. The number of para-hydroxylation sites is 1. The number of amides is 1. The lowest BCUT2D eigenvalue weighted by molar-refractivity contribution is -0.116. The molecule has 1 saturated carbocycles. The Morgan fingerprint density at radius 2 is 1.75 bits per heavy atom. The summed E-state index contributed by atoms with van der Waals surface area (Å²) in [7, 11) is 0. The Morgan fingerprint density at radius 3 is 2.50 bits per heavy atom. The van der Waals surface area contributed by atoms with E-state index in [-0.39, 0.29) is 5.91 Å². The van der Waals surface area contributed by atoms with Crippen LogP contribution in [0.2, 0.25) is 0 Å². The van der Waals surface area contributed by atoms with Crippen LogP contribution in [0.3, 0.4) is 0 Å². The summed E-state index contributed by atoms with van der Waals surface area (Å²) in [5.41, 5.74) is 0.903. The first-order chi connectivity index (χ1) is 9.84. The predicted octanol–water partition coefficient (Wildman–Crippen LogP) is 5.16. The van der Waals surface area contributed by atoms with Crippen LogP contribution >= 0.6 is 0 Å². The van der Waals surface area contributed by atoms with E-state index in [0.29, 0.717) is 6.42 Å². The van der Waals surface area contributed by atoms with Crippen LogP contribution in [0.1, 0.15) is 64.2 Å². The van der Waals surface area contributed by atoms with Gasteiger partial charge in [0.05, 0.1) is 0 Å². The van der Waals surface area contributed by atoms with Crippen molar-refractivity contribution in [2.24, 2.45) is 5.92 Å². The maximum Gasteiger partial charge on any atom is 0.224 e. The van der Waals surface area contributed by atoms with Crippen LogP contribution in [0.15, 0.2) is 30.3 Å². The molecule has 0 bridgehead atoms. The normalized spacial score (nSPS) is 16.0. The van der Waals surface area contributed by atoms with E-state index >= 15 is 0 Å². The van der Waals surface area contributed by atoms with Gasteiger partial charge in [-0.2, -0.15) is 0 Å². The van der Waals surface area contributed by atoms with E-state index in [0.717, 1.165) is 18.0 Å². The Morgan fingerprint density at radius 1 is 1.00 bits per heavy atom. The Hall–Kier alpha value is -1.31. The largest absolute Gasteiger partial charge is 0.326 e. The molecule has 1 fully saturated rings. The lowest BCUT2D eigenvalue weighted by Gasteiger charge is -2.21. The Balaban J connectivity index is 1.51. The molecule has 1 aromatic carbocycles. The lowest BCUT2D eigenvalue weighted by Crippen LogP contribution is -2.11. The number of rotatable bonds is 7. The molecule has 0 unspecified atom stereocenters. The second-order valence-electron chi connectivity index (χ2n) is 6.02. The molecule has 1 aromatic rings. The summed E-state index contributed by atoms with van der Waals surface area (Å²) < 4.78 is 0. The molecule has 0 spiro atoms. The fourth-order valence-electron chi connectivity index (χ4n) is 3.12. The quantitative estimate of drug-likeness (QED) is 0.683. The summed E-state index contributed by atoms with van der Waals surface area (Å²) >= 11 is 0. The first-order valence-corrected chi connectivity index (χ1v) is 8.19. The molecule has 110 valence electrons. The van der Waals surface area contributed by atoms with Gasteiger partial charge < -0.3 is 5.32 Å². The molecule has 1 aliphatic carbocycles. The fourth-order valence-corrected chi connectivity index (χ4v) is 3.12. The van der Waals surface area contributed by atoms with Crippen LogP contribution < -0.4 is 5.32 Å². The first-order valence-electron chi connectivity index (χ1n) is 8.19. The van der Waals surface area contributed by atoms with Crippen molar-refractivity contribution in [2.45, 2.75) is 64.2 Å². The molecule has 2 rings (SSSR count). The number of carbonyl (C=O) groups excluding carboxylic acids is 1. The maximum atomic E-state index is 11.8. The monoisotopic (exact) mass is 273 g/mol. The average Bonchev–Trinajstić information content (AvgIpc) is 2.49. The molecule has 0 atom stereocenters. The van der Waals surface area contributed by atoms with Gasteiger partial charge in [-0.25, -0.2) is 0 Å². The van der Waals surface area contributed by atoms with Crippen molar-refractivity contribution < 1.29 is 4.79 Å². The van der Waals surface area contributed by atoms with E-state index < -0.39 is 0 Å². The molecule has 0 aromatic heterocycles. The summed E-state index contributed by atoms with van der Waals surface area (Å²) in [5.74, 6) is 1.12. The lowest BCUT2D eigenvalue weighted by atomic mass is 9.85. The zero-order valence-electron chi connectivity index (χ0n) is 12.4. The van der Waals surface area contributed by atoms with Crippen molar-refractivity contribution in [2.75, 3.05) is 5.32 Å². The molecule has 0 radical (unpaired) electrons. The van der Waals surface area contributed by atoms with Gasteiger partial charge in [-0.15, -0.1) is 0 Å². The van der Waals surface area contributed by atoms with E-state index in [1.54, 1.807) is 0 Å².